The molecule has 1 aliphatic rings. The summed E-state index contributed by atoms with van der Waals surface area (Å²) in [5.74, 6) is 0.716. The van der Waals surface area contributed by atoms with E-state index in [0.717, 1.165) is 18.0 Å². The number of benzene rings is 1. The number of hydrogen-bond donors (Lipinski definition) is 1. The summed E-state index contributed by atoms with van der Waals surface area (Å²) in [6.45, 7) is 2.32. The third kappa shape index (κ3) is 5.38. The average molecular weight is 407 g/mol. The fourth-order valence-corrected chi connectivity index (χ4v) is 3.22. The van der Waals surface area contributed by atoms with E-state index in [1.54, 1.807) is 17.0 Å². The van der Waals surface area contributed by atoms with Crippen molar-refractivity contribution in [2.24, 2.45) is 5.92 Å². The van der Waals surface area contributed by atoms with Gasteiger partial charge in [0.05, 0.1) is 11.8 Å². The Bertz CT molecular complexity index is 858. The van der Waals surface area contributed by atoms with Crippen molar-refractivity contribution < 1.29 is 18.0 Å². The number of aromatic nitrogens is 2. The molecule has 6 nitrogen and oxygen atoms in total. The first-order chi connectivity index (χ1) is 13.7. The fraction of sp³-hybridized carbons (Fsp3) is 0.400. The van der Waals surface area contributed by atoms with E-state index >= 15 is 0 Å². The smallest absolute Gasteiger partial charge is 0.352 e. The first-order valence-electron chi connectivity index (χ1n) is 9.30. The first kappa shape index (κ1) is 20.9. The van der Waals surface area contributed by atoms with Crippen LogP contribution in [0.2, 0.25) is 0 Å². The van der Waals surface area contributed by atoms with Crippen LogP contribution in [0, 0.1) is 5.92 Å². The SMILES string of the molecule is CN(C)C/C=C/C(=O)NCC1CN(c2ccc(C(F)(F)F)cc2)c2ccnn2C1. The molecule has 1 amide bonds. The molecule has 0 spiro atoms. The Morgan fingerprint density at radius 1 is 1.24 bits per heavy atom. The Morgan fingerprint density at radius 3 is 2.62 bits per heavy atom. The maximum atomic E-state index is 12.8. The molecule has 1 N–H and O–H groups in total. The van der Waals surface area contributed by atoms with Crippen molar-refractivity contribution in [2.75, 3.05) is 38.6 Å². The summed E-state index contributed by atoms with van der Waals surface area (Å²) < 4.78 is 40.3. The number of amides is 1. The van der Waals surface area contributed by atoms with E-state index in [4.69, 9.17) is 0 Å². The number of carbonyl (C=O) groups excluding carboxylic acids is 1. The van der Waals surface area contributed by atoms with Crippen molar-refractivity contribution in [3.8, 4) is 0 Å². The molecule has 0 bridgehead atoms. The zero-order chi connectivity index (χ0) is 21.0. The number of rotatable bonds is 6. The molecule has 0 saturated carbocycles. The minimum atomic E-state index is -4.37. The number of fused-ring (bicyclic) bond motifs is 1. The van der Waals surface area contributed by atoms with Crippen LogP contribution in [0.4, 0.5) is 24.7 Å². The molecule has 2 heterocycles. The lowest BCUT2D eigenvalue weighted by atomic mass is 10.1. The van der Waals surface area contributed by atoms with E-state index in [2.05, 4.69) is 10.4 Å². The Morgan fingerprint density at radius 2 is 1.97 bits per heavy atom. The number of nitrogens with one attached hydrogen (secondary N) is 1. The normalized spacial score (nSPS) is 17.0. The molecule has 9 heteroatoms. The molecule has 2 aromatic rings. The first-order valence-corrected chi connectivity index (χ1v) is 9.30. The maximum absolute atomic E-state index is 12.8. The topological polar surface area (TPSA) is 53.4 Å². The Labute approximate surface area is 167 Å². The van der Waals surface area contributed by atoms with Crippen molar-refractivity contribution in [2.45, 2.75) is 12.7 Å². The van der Waals surface area contributed by atoms with Crippen LogP contribution in [0.1, 0.15) is 5.56 Å². The number of hydrogen-bond acceptors (Lipinski definition) is 4. The molecule has 0 saturated heterocycles. The van der Waals surface area contributed by atoms with Crippen LogP contribution in [0.25, 0.3) is 0 Å². The molecule has 156 valence electrons. The molecular weight excluding hydrogens is 383 g/mol. The lowest BCUT2D eigenvalue weighted by molar-refractivity contribution is -0.137. The Hall–Kier alpha value is -2.81. The maximum Gasteiger partial charge on any atom is 0.416 e. The molecule has 1 aliphatic heterocycles. The van der Waals surface area contributed by atoms with Crippen LogP contribution in [0.15, 0.2) is 48.7 Å². The van der Waals surface area contributed by atoms with Gasteiger partial charge in [0, 0.05) is 49.9 Å². The van der Waals surface area contributed by atoms with E-state index in [-0.39, 0.29) is 11.8 Å². The summed E-state index contributed by atoms with van der Waals surface area (Å²) in [6, 6.07) is 6.92. The van der Waals surface area contributed by atoms with Gasteiger partial charge in [-0.2, -0.15) is 18.3 Å². The standard InChI is InChI=1S/C20H24F3N5O/c1-26(2)11-3-4-18(29)24-12-15-13-27(19-9-10-25-28(19)14-15)17-7-5-16(6-8-17)20(21,22)23/h3-10,15H,11-14H2,1-2H3,(H,24,29)/b4-3+. The van der Waals surface area contributed by atoms with Crippen molar-refractivity contribution in [3.63, 3.8) is 0 Å². The van der Waals surface area contributed by atoms with Gasteiger partial charge in [0.15, 0.2) is 0 Å². The van der Waals surface area contributed by atoms with Gasteiger partial charge in [-0.25, -0.2) is 4.68 Å². The lowest BCUT2D eigenvalue weighted by Crippen LogP contribution is -2.41. The van der Waals surface area contributed by atoms with E-state index in [9.17, 15) is 18.0 Å². The number of carbonyl (C=O) groups is 1. The third-order valence-electron chi connectivity index (χ3n) is 4.65. The third-order valence-corrected chi connectivity index (χ3v) is 4.65. The van der Waals surface area contributed by atoms with Crippen molar-refractivity contribution in [3.05, 3.63) is 54.2 Å². The predicted octanol–water partition coefficient (Wildman–Crippen LogP) is 2.90. The minimum Gasteiger partial charge on any atom is -0.352 e. The second-order valence-electron chi connectivity index (χ2n) is 7.30. The van der Waals surface area contributed by atoms with E-state index in [1.165, 1.54) is 18.2 Å². The molecule has 3 rings (SSSR count). The second kappa shape index (κ2) is 8.69. The Balaban J connectivity index is 1.68. The molecule has 0 fully saturated rings. The monoisotopic (exact) mass is 407 g/mol. The molecule has 0 radical (unpaired) electrons. The minimum absolute atomic E-state index is 0.0656. The number of halogens is 3. The van der Waals surface area contributed by atoms with Crippen molar-refractivity contribution in [1.29, 1.82) is 0 Å². The van der Waals surface area contributed by atoms with Gasteiger partial charge in [-0.3, -0.25) is 4.79 Å². The summed E-state index contributed by atoms with van der Waals surface area (Å²) in [7, 11) is 3.84. The number of alkyl halides is 3. The largest absolute Gasteiger partial charge is 0.416 e. The molecule has 1 unspecified atom stereocenters. The Kier molecular flexibility index (Phi) is 6.26. The molecular formula is C20H24F3N5O. The van der Waals surface area contributed by atoms with Gasteiger partial charge < -0.3 is 15.1 Å². The van der Waals surface area contributed by atoms with Crippen molar-refractivity contribution in [1.82, 2.24) is 20.0 Å². The van der Waals surface area contributed by atoms with Crippen LogP contribution in [0.5, 0.6) is 0 Å². The highest BCUT2D eigenvalue weighted by Gasteiger charge is 2.31. The van der Waals surface area contributed by atoms with Crippen LogP contribution >= 0.6 is 0 Å². The molecule has 1 aromatic heterocycles. The number of anilines is 2. The number of nitrogens with zero attached hydrogens (tertiary/aromatic N) is 4. The molecule has 1 aromatic carbocycles. The highest BCUT2D eigenvalue weighted by Crippen LogP contribution is 2.34. The zero-order valence-corrected chi connectivity index (χ0v) is 16.4. The lowest BCUT2D eigenvalue weighted by Gasteiger charge is -2.35. The van der Waals surface area contributed by atoms with Gasteiger partial charge in [0.25, 0.3) is 0 Å². The van der Waals surface area contributed by atoms with Gasteiger partial charge in [0.1, 0.15) is 5.82 Å². The van der Waals surface area contributed by atoms with Gasteiger partial charge in [-0.1, -0.05) is 6.08 Å². The molecule has 0 aliphatic carbocycles. The highest BCUT2D eigenvalue weighted by molar-refractivity contribution is 5.87. The van der Waals surface area contributed by atoms with Gasteiger partial charge >= 0.3 is 6.18 Å². The van der Waals surface area contributed by atoms with Crippen LogP contribution in [-0.4, -0.2) is 54.3 Å². The summed E-state index contributed by atoms with van der Waals surface area (Å²) in [6.07, 6.45) is 0.596. The van der Waals surface area contributed by atoms with Crippen LogP contribution in [0.3, 0.4) is 0 Å². The zero-order valence-electron chi connectivity index (χ0n) is 16.4. The summed E-state index contributed by atoms with van der Waals surface area (Å²) in [4.78, 5) is 15.9. The van der Waals surface area contributed by atoms with E-state index in [0.29, 0.717) is 31.9 Å². The molecule has 1 atom stereocenters. The second-order valence-corrected chi connectivity index (χ2v) is 7.30. The summed E-state index contributed by atoms with van der Waals surface area (Å²) >= 11 is 0. The molecule has 29 heavy (non-hydrogen) atoms. The van der Waals surface area contributed by atoms with E-state index in [1.807, 2.05) is 30.0 Å². The average Bonchev–Trinajstić information content (AvgIpc) is 3.13. The van der Waals surface area contributed by atoms with Gasteiger partial charge in [-0.05, 0) is 38.4 Å². The van der Waals surface area contributed by atoms with Crippen LogP contribution < -0.4 is 10.2 Å². The summed E-state index contributed by atoms with van der Waals surface area (Å²) in [5, 5.41) is 7.19. The van der Waals surface area contributed by atoms with Crippen molar-refractivity contribution >= 4 is 17.4 Å². The predicted molar refractivity (Wildman–Crippen MR) is 105 cm³/mol. The fourth-order valence-electron chi connectivity index (χ4n) is 3.22. The number of likely N-dealkylation sites (N-methyl/N-ethyl adjacent to an activating group) is 1. The summed E-state index contributed by atoms with van der Waals surface area (Å²) in [5.41, 5.74) is -0.0262. The highest BCUT2D eigenvalue weighted by atomic mass is 19.4. The quantitative estimate of drug-likeness (QED) is 0.749. The van der Waals surface area contributed by atoms with E-state index < -0.39 is 11.7 Å². The van der Waals surface area contributed by atoms with Gasteiger partial charge in [-0.15, -0.1) is 0 Å². The van der Waals surface area contributed by atoms with Crippen LogP contribution in [-0.2, 0) is 17.5 Å². The van der Waals surface area contributed by atoms with Gasteiger partial charge in [0.2, 0.25) is 5.91 Å².